The molecule has 0 saturated heterocycles. The smallest absolute Gasteiger partial charge is 0.165 e. The summed E-state index contributed by atoms with van der Waals surface area (Å²) in [4.78, 5) is 0. The maximum atomic E-state index is 12.9. The molecular formula is C10H13FO2. The van der Waals surface area contributed by atoms with Crippen molar-refractivity contribution in [2.45, 2.75) is 12.8 Å². The van der Waals surface area contributed by atoms with Crippen molar-refractivity contribution in [2.24, 2.45) is 0 Å². The van der Waals surface area contributed by atoms with Gasteiger partial charge in [0.25, 0.3) is 0 Å². The molecule has 0 saturated carbocycles. The molecule has 0 bridgehead atoms. The summed E-state index contributed by atoms with van der Waals surface area (Å²) in [6.45, 7) is 0.152. The van der Waals surface area contributed by atoms with Crippen LogP contribution in [0.2, 0.25) is 0 Å². The molecule has 1 aromatic rings. The lowest BCUT2D eigenvalue weighted by atomic mass is 10.1. The number of aliphatic hydroxyl groups is 1. The van der Waals surface area contributed by atoms with E-state index in [0.29, 0.717) is 6.42 Å². The molecule has 1 rings (SSSR count). The molecule has 0 spiro atoms. The number of halogens is 1. The topological polar surface area (TPSA) is 29.5 Å². The molecule has 13 heavy (non-hydrogen) atoms. The Morgan fingerprint density at radius 2 is 2.23 bits per heavy atom. The SMILES string of the molecule is COc1cc(CCCO)ccc1F. The molecule has 1 aromatic carbocycles. The molecule has 0 aliphatic rings. The standard InChI is InChI=1S/C10H13FO2/c1-13-10-7-8(3-2-6-12)4-5-9(10)11/h4-5,7,12H,2-3,6H2,1H3. The Labute approximate surface area is 77.0 Å². The summed E-state index contributed by atoms with van der Waals surface area (Å²) in [5.74, 6) is -0.0920. The summed E-state index contributed by atoms with van der Waals surface area (Å²) in [6, 6.07) is 4.74. The number of methoxy groups -OCH3 is 1. The second-order valence-corrected chi connectivity index (χ2v) is 2.80. The number of aryl methyl sites for hydroxylation is 1. The summed E-state index contributed by atoms with van der Waals surface area (Å²) in [7, 11) is 1.44. The number of hydrogen-bond acceptors (Lipinski definition) is 2. The Hall–Kier alpha value is -1.09. The van der Waals surface area contributed by atoms with Gasteiger partial charge in [-0.15, -0.1) is 0 Å². The minimum atomic E-state index is -0.352. The zero-order valence-electron chi connectivity index (χ0n) is 7.59. The Morgan fingerprint density at radius 1 is 1.46 bits per heavy atom. The van der Waals surface area contributed by atoms with Crippen LogP contribution in [0.25, 0.3) is 0 Å². The predicted molar refractivity (Wildman–Crippen MR) is 48.4 cm³/mol. The fraction of sp³-hybridized carbons (Fsp3) is 0.400. The highest BCUT2D eigenvalue weighted by Crippen LogP contribution is 2.18. The predicted octanol–water partition coefficient (Wildman–Crippen LogP) is 1.76. The molecule has 0 atom stereocenters. The van der Waals surface area contributed by atoms with E-state index < -0.39 is 0 Å². The van der Waals surface area contributed by atoms with Crippen molar-refractivity contribution in [3.8, 4) is 5.75 Å². The minimum absolute atomic E-state index is 0.152. The van der Waals surface area contributed by atoms with Crippen molar-refractivity contribution in [2.75, 3.05) is 13.7 Å². The minimum Gasteiger partial charge on any atom is -0.494 e. The number of aliphatic hydroxyl groups excluding tert-OH is 1. The molecule has 2 nitrogen and oxygen atoms in total. The van der Waals surface area contributed by atoms with E-state index in [1.807, 2.05) is 0 Å². The fourth-order valence-corrected chi connectivity index (χ4v) is 1.14. The lowest BCUT2D eigenvalue weighted by Crippen LogP contribution is -1.93. The van der Waals surface area contributed by atoms with Gasteiger partial charge < -0.3 is 9.84 Å². The largest absolute Gasteiger partial charge is 0.494 e. The molecule has 3 heteroatoms. The average Bonchev–Trinajstić information content (AvgIpc) is 2.16. The summed E-state index contributed by atoms with van der Waals surface area (Å²) >= 11 is 0. The van der Waals surface area contributed by atoms with Crippen molar-refractivity contribution in [3.05, 3.63) is 29.6 Å². The van der Waals surface area contributed by atoms with E-state index in [9.17, 15) is 4.39 Å². The van der Waals surface area contributed by atoms with Crippen molar-refractivity contribution in [1.29, 1.82) is 0 Å². The maximum absolute atomic E-state index is 12.9. The van der Waals surface area contributed by atoms with Crippen LogP contribution in [0.4, 0.5) is 4.39 Å². The van der Waals surface area contributed by atoms with Gasteiger partial charge in [-0.05, 0) is 30.5 Å². The molecular weight excluding hydrogens is 171 g/mol. The van der Waals surface area contributed by atoms with Crippen molar-refractivity contribution >= 4 is 0 Å². The molecule has 0 amide bonds. The molecule has 0 heterocycles. The van der Waals surface area contributed by atoms with E-state index in [0.717, 1.165) is 12.0 Å². The third kappa shape index (κ3) is 2.70. The van der Waals surface area contributed by atoms with Crippen LogP contribution >= 0.6 is 0 Å². The highest BCUT2D eigenvalue weighted by Gasteiger charge is 2.02. The monoisotopic (exact) mass is 184 g/mol. The van der Waals surface area contributed by atoms with Crippen LogP contribution in [0.5, 0.6) is 5.75 Å². The van der Waals surface area contributed by atoms with Crippen LogP contribution in [0.3, 0.4) is 0 Å². The average molecular weight is 184 g/mol. The molecule has 1 N–H and O–H groups in total. The first-order chi connectivity index (χ1) is 6.27. The Morgan fingerprint density at radius 3 is 2.85 bits per heavy atom. The van der Waals surface area contributed by atoms with Gasteiger partial charge in [0, 0.05) is 6.61 Å². The van der Waals surface area contributed by atoms with E-state index >= 15 is 0 Å². The van der Waals surface area contributed by atoms with Crippen LogP contribution in [0.1, 0.15) is 12.0 Å². The highest BCUT2D eigenvalue weighted by atomic mass is 19.1. The molecule has 0 aromatic heterocycles. The van der Waals surface area contributed by atoms with Gasteiger partial charge in [-0.1, -0.05) is 6.07 Å². The lowest BCUT2D eigenvalue weighted by Gasteiger charge is -2.04. The Bertz CT molecular complexity index is 274. The molecule has 0 aliphatic carbocycles. The van der Waals surface area contributed by atoms with Crippen molar-refractivity contribution in [1.82, 2.24) is 0 Å². The molecule has 0 aliphatic heterocycles. The van der Waals surface area contributed by atoms with Crippen LogP contribution in [0.15, 0.2) is 18.2 Å². The van der Waals surface area contributed by atoms with Gasteiger partial charge in [-0.3, -0.25) is 0 Å². The Balaban J connectivity index is 2.74. The van der Waals surface area contributed by atoms with E-state index in [4.69, 9.17) is 9.84 Å². The van der Waals surface area contributed by atoms with E-state index in [2.05, 4.69) is 0 Å². The second-order valence-electron chi connectivity index (χ2n) is 2.80. The van der Waals surface area contributed by atoms with Gasteiger partial charge in [0.2, 0.25) is 0 Å². The van der Waals surface area contributed by atoms with Gasteiger partial charge in [0.1, 0.15) is 0 Å². The summed E-state index contributed by atoms with van der Waals surface area (Å²) in [6.07, 6.45) is 1.43. The summed E-state index contributed by atoms with van der Waals surface area (Å²) < 4.78 is 17.7. The molecule has 0 unspecified atom stereocenters. The van der Waals surface area contributed by atoms with Gasteiger partial charge in [0.05, 0.1) is 7.11 Å². The first-order valence-electron chi connectivity index (χ1n) is 4.21. The van der Waals surface area contributed by atoms with Crippen LogP contribution < -0.4 is 4.74 Å². The Kier molecular flexibility index (Phi) is 3.71. The zero-order valence-corrected chi connectivity index (χ0v) is 7.59. The highest BCUT2D eigenvalue weighted by molar-refractivity contribution is 5.30. The quantitative estimate of drug-likeness (QED) is 0.772. The number of hydrogen-bond donors (Lipinski definition) is 1. The molecule has 0 fully saturated rings. The zero-order chi connectivity index (χ0) is 9.68. The first kappa shape index (κ1) is 9.99. The van der Waals surface area contributed by atoms with Crippen molar-refractivity contribution in [3.63, 3.8) is 0 Å². The first-order valence-corrected chi connectivity index (χ1v) is 4.21. The van der Waals surface area contributed by atoms with E-state index in [1.54, 1.807) is 12.1 Å². The van der Waals surface area contributed by atoms with E-state index in [-0.39, 0.29) is 18.2 Å². The summed E-state index contributed by atoms with van der Waals surface area (Å²) in [5.41, 5.74) is 0.979. The van der Waals surface area contributed by atoms with Crippen LogP contribution in [-0.4, -0.2) is 18.8 Å². The number of ether oxygens (including phenoxy) is 1. The normalized spacial score (nSPS) is 10.1. The second kappa shape index (κ2) is 4.82. The lowest BCUT2D eigenvalue weighted by molar-refractivity contribution is 0.288. The van der Waals surface area contributed by atoms with Crippen LogP contribution in [0, 0.1) is 5.82 Å². The van der Waals surface area contributed by atoms with Crippen molar-refractivity contribution < 1.29 is 14.2 Å². The third-order valence-corrected chi connectivity index (χ3v) is 1.84. The van der Waals surface area contributed by atoms with E-state index in [1.165, 1.54) is 13.2 Å². The maximum Gasteiger partial charge on any atom is 0.165 e. The molecule has 0 radical (unpaired) electrons. The fourth-order valence-electron chi connectivity index (χ4n) is 1.14. The van der Waals surface area contributed by atoms with Gasteiger partial charge in [-0.2, -0.15) is 0 Å². The van der Waals surface area contributed by atoms with Crippen LogP contribution in [-0.2, 0) is 6.42 Å². The van der Waals surface area contributed by atoms with Gasteiger partial charge in [0.15, 0.2) is 11.6 Å². The van der Waals surface area contributed by atoms with Gasteiger partial charge in [-0.25, -0.2) is 4.39 Å². The van der Waals surface area contributed by atoms with Gasteiger partial charge >= 0.3 is 0 Å². The summed E-state index contributed by atoms with van der Waals surface area (Å²) in [5, 5.41) is 8.60. The number of benzene rings is 1. The molecule has 72 valence electrons. The number of rotatable bonds is 4. The third-order valence-electron chi connectivity index (χ3n) is 1.84.